The van der Waals surface area contributed by atoms with Crippen LogP contribution in [0.1, 0.15) is 23.5 Å². The molecule has 0 aliphatic heterocycles. The second kappa shape index (κ2) is 8.81. The van der Waals surface area contributed by atoms with Crippen molar-refractivity contribution >= 4 is 23.2 Å². The van der Waals surface area contributed by atoms with Crippen LogP contribution in [0.4, 0.5) is 0 Å². The van der Waals surface area contributed by atoms with E-state index in [1.54, 1.807) is 24.3 Å². The van der Waals surface area contributed by atoms with Crippen molar-refractivity contribution in [3.63, 3.8) is 0 Å². The molecule has 0 aliphatic rings. The molecule has 0 fully saturated rings. The van der Waals surface area contributed by atoms with Gasteiger partial charge in [0, 0.05) is 16.0 Å². The summed E-state index contributed by atoms with van der Waals surface area (Å²) in [4.78, 5) is 0. The number of aliphatic hydroxyl groups excluding tert-OH is 4. The Morgan fingerprint density at radius 2 is 1.12 bits per heavy atom. The molecule has 0 amide bonds. The molecular weight excluding hydrogens is 351 g/mol. The molecule has 0 unspecified atom stereocenters. The van der Waals surface area contributed by atoms with E-state index in [1.807, 2.05) is 24.3 Å². The van der Waals surface area contributed by atoms with Gasteiger partial charge in [0.1, 0.15) is 12.2 Å². The fourth-order valence-electron chi connectivity index (χ4n) is 2.60. The Morgan fingerprint density at radius 3 is 1.50 bits per heavy atom. The lowest BCUT2D eigenvalue weighted by atomic mass is 9.85. The average Bonchev–Trinajstić information content (AvgIpc) is 2.60. The molecule has 6 heteroatoms. The minimum Gasteiger partial charge on any atom is -0.394 e. The summed E-state index contributed by atoms with van der Waals surface area (Å²) < 4.78 is 0. The number of hydrogen-bond donors (Lipinski definition) is 4. The largest absolute Gasteiger partial charge is 0.394 e. The Labute approximate surface area is 150 Å². The maximum absolute atomic E-state index is 10.2. The number of hydrogen-bond acceptors (Lipinski definition) is 4. The lowest BCUT2D eigenvalue weighted by Crippen LogP contribution is -2.40. The molecule has 0 aliphatic carbocycles. The minimum absolute atomic E-state index is 0.168. The number of benzene rings is 2. The summed E-state index contributed by atoms with van der Waals surface area (Å²) >= 11 is 11.9. The first-order valence-corrected chi connectivity index (χ1v) is 8.34. The van der Waals surface area contributed by atoms with Crippen LogP contribution in [-0.2, 0) is 0 Å². The van der Waals surface area contributed by atoms with Gasteiger partial charge < -0.3 is 20.4 Å². The summed E-state index contributed by atoms with van der Waals surface area (Å²) in [5.74, 6) is -0.227. The smallest absolute Gasteiger partial charge is 0.108 e. The average molecular weight is 371 g/mol. The molecule has 2 aromatic rings. The number of halogens is 2. The molecule has 4 N–H and O–H groups in total. The topological polar surface area (TPSA) is 80.9 Å². The van der Waals surface area contributed by atoms with Crippen molar-refractivity contribution in [3.8, 4) is 0 Å². The molecule has 2 rings (SSSR count). The summed E-state index contributed by atoms with van der Waals surface area (Å²) in [6, 6.07) is 14.4. The van der Waals surface area contributed by atoms with Gasteiger partial charge in [-0.05, 0) is 41.8 Å². The van der Waals surface area contributed by atoms with Crippen molar-refractivity contribution in [2.45, 2.75) is 30.7 Å². The molecule has 3 atom stereocenters. The first-order valence-electron chi connectivity index (χ1n) is 7.58. The highest BCUT2D eigenvalue weighted by molar-refractivity contribution is 6.30. The Morgan fingerprint density at radius 1 is 0.708 bits per heavy atom. The minimum atomic E-state index is -1.43. The zero-order valence-electron chi connectivity index (χ0n) is 12.9. The van der Waals surface area contributed by atoms with Crippen LogP contribution in [0.15, 0.2) is 48.5 Å². The number of rotatable bonds is 7. The Hall–Kier alpha value is -1.14. The third-order valence-electron chi connectivity index (χ3n) is 4.00. The SMILES string of the molecule is OC[C@@H](O)[C@@H](O)[C@@H](O)CC(c1ccc(Cl)cc1)c1ccc(Cl)cc1. The van der Waals surface area contributed by atoms with Crippen molar-refractivity contribution in [1.29, 1.82) is 0 Å². The third-order valence-corrected chi connectivity index (χ3v) is 4.50. The fraction of sp³-hybridized carbons (Fsp3) is 0.333. The summed E-state index contributed by atoms with van der Waals surface area (Å²) in [5, 5.41) is 39.8. The first-order chi connectivity index (χ1) is 11.4. The van der Waals surface area contributed by atoms with Crippen LogP contribution in [0.5, 0.6) is 0 Å². The third kappa shape index (κ3) is 4.93. The highest BCUT2D eigenvalue weighted by Crippen LogP contribution is 2.31. The molecule has 0 radical (unpaired) electrons. The normalized spacial score (nSPS) is 15.3. The van der Waals surface area contributed by atoms with Gasteiger partial charge in [-0.3, -0.25) is 0 Å². The van der Waals surface area contributed by atoms with Gasteiger partial charge >= 0.3 is 0 Å². The summed E-state index contributed by atoms with van der Waals surface area (Å²) in [7, 11) is 0. The van der Waals surface area contributed by atoms with Gasteiger partial charge in [-0.25, -0.2) is 0 Å². The second-order valence-corrected chi connectivity index (χ2v) is 6.57. The molecule has 0 saturated heterocycles. The van der Waals surface area contributed by atoms with E-state index in [4.69, 9.17) is 28.3 Å². The molecule has 0 aromatic heterocycles. The molecule has 2 aromatic carbocycles. The lowest BCUT2D eigenvalue weighted by molar-refractivity contribution is -0.0791. The monoisotopic (exact) mass is 370 g/mol. The van der Waals surface area contributed by atoms with Gasteiger partial charge in [-0.15, -0.1) is 0 Å². The van der Waals surface area contributed by atoms with Gasteiger partial charge in [0.05, 0.1) is 12.7 Å². The predicted octanol–water partition coefficient (Wildman–Crippen LogP) is 2.59. The van der Waals surface area contributed by atoms with Crippen molar-refractivity contribution in [1.82, 2.24) is 0 Å². The van der Waals surface area contributed by atoms with E-state index in [-0.39, 0.29) is 12.3 Å². The van der Waals surface area contributed by atoms with Gasteiger partial charge in [0.15, 0.2) is 0 Å². The van der Waals surface area contributed by atoms with Crippen LogP contribution in [0.2, 0.25) is 10.0 Å². The second-order valence-electron chi connectivity index (χ2n) is 5.70. The predicted molar refractivity (Wildman–Crippen MR) is 94.5 cm³/mol. The van der Waals surface area contributed by atoms with E-state index in [0.717, 1.165) is 11.1 Å². The van der Waals surface area contributed by atoms with Gasteiger partial charge in [0.25, 0.3) is 0 Å². The van der Waals surface area contributed by atoms with E-state index in [2.05, 4.69) is 0 Å². The zero-order chi connectivity index (χ0) is 17.7. The van der Waals surface area contributed by atoms with Crippen molar-refractivity contribution < 1.29 is 20.4 Å². The molecular formula is C18H20Cl2O4. The Kier molecular flexibility index (Phi) is 7.04. The van der Waals surface area contributed by atoms with E-state index < -0.39 is 24.9 Å². The number of aliphatic hydroxyl groups is 4. The maximum atomic E-state index is 10.2. The van der Waals surface area contributed by atoms with Crippen LogP contribution < -0.4 is 0 Å². The Bertz CT molecular complexity index is 585. The summed E-state index contributed by atoms with van der Waals surface area (Å²) in [5.41, 5.74) is 1.82. The molecule has 24 heavy (non-hydrogen) atoms. The maximum Gasteiger partial charge on any atom is 0.108 e. The molecule has 0 heterocycles. The van der Waals surface area contributed by atoms with Crippen LogP contribution in [0, 0.1) is 0 Å². The molecule has 130 valence electrons. The fourth-order valence-corrected chi connectivity index (χ4v) is 2.85. The van der Waals surface area contributed by atoms with Gasteiger partial charge in [0.2, 0.25) is 0 Å². The standard InChI is InChI=1S/C18H20Cl2O4/c19-13-5-1-11(2-6-13)15(12-3-7-14(20)8-4-12)9-16(22)18(24)17(23)10-21/h1-8,15-18,21-24H,9-10H2/t16-,17+,18-/m0/s1. The highest BCUT2D eigenvalue weighted by atomic mass is 35.5. The summed E-state index contributed by atoms with van der Waals surface area (Å²) in [6.45, 7) is -0.620. The van der Waals surface area contributed by atoms with Gasteiger partial charge in [-0.1, -0.05) is 47.5 Å². The highest BCUT2D eigenvalue weighted by Gasteiger charge is 2.28. The molecule has 0 saturated carbocycles. The molecule has 4 nitrogen and oxygen atoms in total. The quantitative estimate of drug-likeness (QED) is 0.603. The van der Waals surface area contributed by atoms with Crippen LogP contribution in [-0.4, -0.2) is 45.3 Å². The van der Waals surface area contributed by atoms with Crippen molar-refractivity contribution in [3.05, 3.63) is 69.7 Å². The zero-order valence-corrected chi connectivity index (χ0v) is 14.4. The van der Waals surface area contributed by atoms with Crippen molar-refractivity contribution in [2.24, 2.45) is 0 Å². The van der Waals surface area contributed by atoms with E-state index in [9.17, 15) is 15.3 Å². The van der Waals surface area contributed by atoms with E-state index >= 15 is 0 Å². The molecule has 0 bridgehead atoms. The van der Waals surface area contributed by atoms with Crippen LogP contribution >= 0.6 is 23.2 Å². The van der Waals surface area contributed by atoms with Crippen LogP contribution in [0.3, 0.4) is 0 Å². The first kappa shape index (κ1) is 19.2. The Balaban J connectivity index is 2.29. The van der Waals surface area contributed by atoms with Crippen LogP contribution in [0.25, 0.3) is 0 Å². The summed E-state index contributed by atoms with van der Waals surface area (Å²) in [6.07, 6.45) is -3.86. The van der Waals surface area contributed by atoms with E-state index in [1.165, 1.54) is 0 Å². The molecule has 0 spiro atoms. The van der Waals surface area contributed by atoms with Crippen molar-refractivity contribution in [2.75, 3.05) is 6.61 Å². The van der Waals surface area contributed by atoms with Gasteiger partial charge in [-0.2, -0.15) is 0 Å². The van der Waals surface area contributed by atoms with E-state index in [0.29, 0.717) is 10.0 Å². The lowest BCUT2D eigenvalue weighted by Gasteiger charge is -2.26.